The lowest BCUT2D eigenvalue weighted by Crippen LogP contribution is -2.66. The van der Waals surface area contributed by atoms with Crippen LogP contribution in [0.4, 0.5) is 0 Å². The lowest BCUT2D eigenvalue weighted by Gasteiger charge is -2.63. The standard InChI is InChI=1S/C22H31NO3/c1-13-11-23-18(24)8-10-22-16-4-2-3-14(16)5-6-17-20(25)26-12-21(17,22)9-7-15(13)19(22)23/h4,13-15,17,19-20,25H,2-3,5-12H2,1H3/t13-,14-,15-,17?,19+,20-,21-,22+/m1/s1. The second-order valence-corrected chi connectivity index (χ2v) is 10.1. The highest BCUT2D eigenvalue weighted by molar-refractivity contribution is 5.79. The lowest BCUT2D eigenvalue weighted by molar-refractivity contribution is -0.157. The second kappa shape index (κ2) is 5.14. The van der Waals surface area contributed by atoms with E-state index in [1.54, 1.807) is 5.57 Å². The molecule has 3 heterocycles. The topological polar surface area (TPSA) is 49.8 Å². The van der Waals surface area contributed by atoms with Gasteiger partial charge in [0.2, 0.25) is 5.91 Å². The molecule has 1 N–H and O–H groups in total. The zero-order valence-electron chi connectivity index (χ0n) is 15.8. The van der Waals surface area contributed by atoms with Gasteiger partial charge in [0.25, 0.3) is 0 Å². The molecule has 3 saturated heterocycles. The Labute approximate surface area is 156 Å². The maximum atomic E-state index is 12.9. The van der Waals surface area contributed by atoms with Crippen LogP contribution in [0.5, 0.6) is 0 Å². The first-order valence-corrected chi connectivity index (χ1v) is 10.9. The maximum Gasteiger partial charge on any atom is 0.222 e. The summed E-state index contributed by atoms with van der Waals surface area (Å²) in [7, 11) is 0. The van der Waals surface area contributed by atoms with E-state index < -0.39 is 6.29 Å². The Morgan fingerprint density at radius 1 is 1.23 bits per heavy atom. The third-order valence-electron chi connectivity index (χ3n) is 9.55. The molecule has 2 spiro atoms. The number of aliphatic hydroxyl groups excluding tert-OH is 1. The van der Waals surface area contributed by atoms with E-state index in [-0.39, 0.29) is 16.7 Å². The molecule has 0 aromatic carbocycles. The van der Waals surface area contributed by atoms with E-state index in [2.05, 4.69) is 17.9 Å². The first-order chi connectivity index (χ1) is 12.6. The molecular weight excluding hydrogens is 326 g/mol. The van der Waals surface area contributed by atoms with Crippen LogP contribution in [0.25, 0.3) is 0 Å². The molecule has 8 atom stereocenters. The molecule has 5 fully saturated rings. The van der Waals surface area contributed by atoms with Gasteiger partial charge in [0.1, 0.15) is 0 Å². The van der Waals surface area contributed by atoms with E-state index in [0.717, 1.165) is 19.4 Å². The Kier molecular flexibility index (Phi) is 3.18. The summed E-state index contributed by atoms with van der Waals surface area (Å²) in [5.74, 6) is 2.53. The SMILES string of the molecule is C[C@@H]1CN2C(=O)CC[C@@]34C5=CCC[C@@H]5CCC5[C@H](O)OC[C@]53CC[C@H]1[C@H]24. The summed E-state index contributed by atoms with van der Waals surface area (Å²) in [6.45, 7) is 4.00. The summed E-state index contributed by atoms with van der Waals surface area (Å²) in [4.78, 5) is 15.2. The van der Waals surface area contributed by atoms with E-state index in [1.165, 1.54) is 32.1 Å². The Balaban J connectivity index is 1.60. The van der Waals surface area contributed by atoms with Crippen molar-refractivity contribution >= 4 is 5.91 Å². The second-order valence-electron chi connectivity index (χ2n) is 10.1. The van der Waals surface area contributed by atoms with Crippen molar-refractivity contribution in [1.82, 2.24) is 4.90 Å². The van der Waals surface area contributed by atoms with Gasteiger partial charge in [-0.3, -0.25) is 4.79 Å². The number of ether oxygens (including phenoxy) is 1. The summed E-state index contributed by atoms with van der Waals surface area (Å²) in [6, 6.07) is 0.355. The van der Waals surface area contributed by atoms with Crippen LogP contribution >= 0.6 is 0 Å². The number of hydrogen-bond donors (Lipinski definition) is 1. The maximum absolute atomic E-state index is 12.9. The van der Waals surface area contributed by atoms with Crippen LogP contribution in [0, 0.1) is 34.5 Å². The Bertz CT molecular complexity index is 689. The highest BCUT2D eigenvalue weighted by Gasteiger charge is 2.73. The fourth-order valence-electron chi connectivity index (χ4n) is 8.68. The number of rotatable bonds is 0. The highest BCUT2D eigenvalue weighted by atomic mass is 16.6. The molecule has 0 aromatic rings. The van der Waals surface area contributed by atoms with Crippen LogP contribution in [0.3, 0.4) is 0 Å². The molecule has 1 unspecified atom stereocenters. The van der Waals surface area contributed by atoms with E-state index in [4.69, 9.17) is 4.74 Å². The molecule has 0 aromatic heterocycles. The van der Waals surface area contributed by atoms with Crippen molar-refractivity contribution < 1.29 is 14.6 Å². The average Bonchev–Trinajstić information content (AvgIpc) is 3.29. The third kappa shape index (κ3) is 1.64. The third-order valence-corrected chi connectivity index (χ3v) is 9.55. The van der Waals surface area contributed by atoms with Crippen LogP contribution in [0.1, 0.15) is 58.3 Å². The van der Waals surface area contributed by atoms with Gasteiger partial charge in [-0.15, -0.1) is 0 Å². The molecule has 3 aliphatic carbocycles. The molecule has 26 heavy (non-hydrogen) atoms. The normalized spacial score (nSPS) is 54.9. The summed E-state index contributed by atoms with van der Waals surface area (Å²) in [5, 5.41) is 10.8. The van der Waals surface area contributed by atoms with Gasteiger partial charge in [-0.25, -0.2) is 0 Å². The van der Waals surface area contributed by atoms with Crippen LogP contribution in [-0.4, -0.2) is 41.4 Å². The number of fused-ring (bicyclic) bond motifs is 1. The first-order valence-electron chi connectivity index (χ1n) is 10.9. The van der Waals surface area contributed by atoms with Crippen LogP contribution in [-0.2, 0) is 9.53 Å². The number of aliphatic hydroxyl groups is 1. The van der Waals surface area contributed by atoms with Crippen molar-refractivity contribution in [3.05, 3.63) is 11.6 Å². The predicted molar refractivity (Wildman–Crippen MR) is 97.0 cm³/mol. The Hall–Kier alpha value is -0.870. The van der Waals surface area contributed by atoms with Gasteiger partial charge in [0.15, 0.2) is 6.29 Å². The van der Waals surface area contributed by atoms with E-state index in [1.807, 2.05) is 0 Å². The molecule has 142 valence electrons. The largest absolute Gasteiger partial charge is 0.368 e. The van der Waals surface area contributed by atoms with Gasteiger partial charge >= 0.3 is 0 Å². The highest BCUT2D eigenvalue weighted by Crippen LogP contribution is 2.73. The minimum atomic E-state index is -0.604. The first kappa shape index (κ1) is 16.1. The molecule has 0 radical (unpaired) electrons. The summed E-state index contributed by atoms with van der Waals surface area (Å²) in [6.07, 6.45) is 10.8. The zero-order valence-corrected chi connectivity index (χ0v) is 15.8. The number of carbonyl (C=O) groups excluding carboxylic acids is 1. The minimum Gasteiger partial charge on any atom is -0.368 e. The number of amides is 1. The van der Waals surface area contributed by atoms with Crippen molar-refractivity contribution in [2.24, 2.45) is 34.5 Å². The molecule has 6 rings (SSSR count). The molecular formula is C22H31NO3. The number of carbonyl (C=O) groups is 1. The minimum absolute atomic E-state index is 0.0432. The lowest BCUT2D eigenvalue weighted by atomic mass is 9.43. The molecule has 6 aliphatic rings. The van der Waals surface area contributed by atoms with Gasteiger partial charge < -0.3 is 14.7 Å². The smallest absolute Gasteiger partial charge is 0.222 e. The van der Waals surface area contributed by atoms with Crippen molar-refractivity contribution in [3.63, 3.8) is 0 Å². The van der Waals surface area contributed by atoms with E-state index in [0.29, 0.717) is 42.7 Å². The number of hydrogen-bond acceptors (Lipinski definition) is 3. The van der Waals surface area contributed by atoms with E-state index >= 15 is 0 Å². The fraction of sp³-hybridized carbons (Fsp3) is 0.864. The average molecular weight is 357 g/mol. The van der Waals surface area contributed by atoms with Gasteiger partial charge in [0.05, 0.1) is 6.61 Å². The van der Waals surface area contributed by atoms with Crippen molar-refractivity contribution in [2.75, 3.05) is 13.2 Å². The number of nitrogens with zero attached hydrogens (tertiary/aromatic N) is 1. The molecule has 0 bridgehead atoms. The molecule has 2 saturated carbocycles. The molecule has 4 heteroatoms. The summed E-state index contributed by atoms with van der Waals surface area (Å²) in [5.41, 5.74) is 1.79. The van der Waals surface area contributed by atoms with Crippen LogP contribution in [0.15, 0.2) is 11.6 Å². The predicted octanol–water partition coefficient (Wildman–Crippen LogP) is 3.10. The Morgan fingerprint density at radius 2 is 2.12 bits per heavy atom. The molecule has 3 aliphatic heterocycles. The fourth-order valence-corrected chi connectivity index (χ4v) is 8.68. The molecule has 4 nitrogen and oxygen atoms in total. The molecule has 1 amide bonds. The zero-order chi connectivity index (χ0) is 17.7. The number of allylic oxidation sites excluding steroid dienone is 1. The van der Waals surface area contributed by atoms with E-state index in [9.17, 15) is 9.90 Å². The van der Waals surface area contributed by atoms with Crippen LogP contribution < -0.4 is 0 Å². The quantitative estimate of drug-likeness (QED) is 0.678. The summed E-state index contributed by atoms with van der Waals surface area (Å²) < 4.78 is 5.98. The van der Waals surface area contributed by atoms with Gasteiger partial charge in [0, 0.05) is 35.8 Å². The van der Waals surface area contributed by atoms with Gasteiger partial charge in [-0.1, -0.05) is 18.6 Å². The van der Waals surface area contributed by atoms with Crippen molar-refractivity contribution in [2.45, 2.75) is 70.6 Å². The monoisotopic (exact) mass is 357 g/mol. The van der Waals surface area contributed by atoms with Gasteiger partial charge in [-0.2, -0.15) is 0 Å². The number of piperidine rings is 1. The van der Waals surface area contributed by atoms with Gasteiger partial charge in [-0.05, 0) is 62.7 Å². The summed E-state index contributed by atoms with van der Waals surface area (Å²) >= 11 is 0. The van der Waals surface area contributed by atoms with Crippen molar-refractivity contribution in [3.8, 4) is 0 Å². The van der Waals surface area contributed by atoms with Crippen molar-refractivity contribution in [1.29, 1.82) is 0 Å². The Morgan fingerprint density at radius 3 is 3.00 bits per heavy atom. The van der Waals surface area contributed by atoms with Crippen LogP contribution in [0.2, 0.25) is 0 Å².